The standard InChI is InChI=1S/C22H20ClNO7S/c1-2-29-18-11-14(7-8-17(18)31-13-20(25)26)12-19-21(27)24(22(28)32-19)9-10-30-16-6-4-3-5-15(16)23/h3-8,11-12H,2,9-10,13H2,1H3,(H,25,26)/b19-12-. The maximum Gasteiger partial charge on any atom is 0.341 e. The van der Waals surface area contributed by atoms with Crippen molar-refractivity contribution in [2.45, 2.75) is 6.92 Å². The second kappa shape index (κ2) is 10.9. The number of thioether (sulfide) groups is 1. The molecule has 0 radical (unpaired) electrons. The summed E-state index contributed by atoms with van der Waals surface area (Å²) in [5.41, 5.74) is 0.606. The minimum atomic E-state index is -1.11. The number of ether oxygens (including phenoxy) is 3. The Bertz CT molecular complexity index is 1060. The summed E-state index contributed by atoms with van der Waals surface area (Å²) < 4.78 is 16.3. The van der Waals surface area contributed by atoms with Crippen molar-refractivity contribution < 1.29 is 33.7 Å². The van der Waals surface area contributed by atoms with Crippen LogP contribution in [0.3, 0.4) is 0 Å². The van der Waals surface area contributed by atoms with Gasteiger partial charge in [-0.1, -0.05) is 29.8 Å². The van der Waals surface area contributed by atoms with E-state index >= 15 is 0 Å². The first-order valence-electron chi connectivity index (χ1n) is 9.63. The number of imide groups is 1. The van der Waals surface area contributed by atoms with E-state index in [1.54, 1.807) is 55.5 Å². The van der Waals surface area contributed by atoms with Gasteiger partial charge in [0.05, 0.1) is 23.1 Å². The Morgan fingerprint density at radius 2 is 1.88 bits per heavy atom. The Hall–Kier alpha value is -3.17. The quantitative estimate of drug-likeness (QED) is 0.505. The smallest absolute Gasteiger partial charge is 0.341 e. The zero-order chi connectivity index (χ0) is 23.1. The summed E-state index contributed by atoms with van der Waals surface area (Å²) in [5.74, 6) is -0.438. The van der Waals surface area contributed by atoms with E-state index in [-0.39, 0.29) is 23.8 Å². The van der Waals surface area contributed by atoms with Gasteiger partial charge in [0.1, 0.15) is 12.4 Å². The van der Waals surface area contributed by atoms with E-state index in [4.69, 9.17) is 30.9 Å². The highest BCUT2D eigenvalue weighted by atomic mass is 35.5. The highest BCUT2D eigenvalue weighted by Crippen LogP contribution is 2.34. The van der Waals surface area contributed by atoms with Crippen molar-refractivity contribution in [3.63, 3.8) is 0 Å². The molecule has 32 heavy (non-hydrogen) atoms. The Balaban J connectivity index is 1.68. The number of carbonyl (C=O) groups excluding carboxylic acids is 2. The van der Waals surface area contributed by atoms with E-state index in [0.29, 0.717) is 28.7 Å². The van der Waals surface area contributed by atoms with Crippen molar-refractivity contribution in [2.75, 3.05) is 26.4 Å². The Labute approximate surface area is 193 Å². The first-order chi connectivity index (χ1) is 15.4. The van der Waals surface area contributed by atoms with Crippen molar-refractivity contribution in [3.8, 4) is 17.2 Å². The van der Waals surface area contributed by atoms with Crippen LogP contribution < -0.4 is 14.2 Å². The number of aliphatic carboxylic acids is 1. The van der Waals surface area contributed by atoms with E-state index in [1.165, 1.54) is 0 Å². The summed E-state index contributed by atoms with van der Waals surface area (Å²) in [4.78, 5) is 37.1. The van der Waals surface area contributed by atoms with Gasteiger partial charge >= 0.3 is 5.97 Å². The number of hydrogen-bond acceptors (Lipinski definition) is 7. The lowest BCUT2D eigenvalue weighted by Crippen LogP contribution is -2.32. The van der Waals surface area contributed by atoms with E-state index in [0.717, 1.165) is 16.7 Å². The highest BCUT2D eigenvalue weighted by molar-refractivity contribution is 8.18. The average Bonchev–Trinajstić information content (AvgIpc) is 3.02. The molecule has 3 rings (SSSR count). The minimum absolute atomic E-state index is 0.0827. The van der Waals surface area contributed by atoms with Gasteiger partial charge in [-0.15, -0.1) is 0 Å². The van der Waals surface area contributed by atoms with E-state index in [9.17, 15) is 14.4 Å². The molecule has 2 aromatic carbocycles. The van der Waals surface area contributed by atoms with Crippen LogP contribution >= 0.6 is 23.4 Å². The van der Waals surface area contributed by atoms with Gasteiger partial charge in [0.15, 0.2) is 18.1 Å². The molecule has 0 atom stereocenters. The number of nitrogens with zero attached hydrogens (tertiary/aromatic N) is 1. The van der Waals surface area contributed by atoms with Gasteiger partial charge in [0.25, 0.3) is 11.1 Å². The van der Waals surface area contributed by atoms with Gasteiger partial charge in [-0.2, -0.15) is 0 Å². The number of hydrogen-bond donors (Lipinski definition) is 1. The van der Waals surface area contributed by atoms with Crippen molar-refractivity contribution in [2.24, 2.45) is 0 Å². The molecule has 1 fully saturated rings. The lowest BCUT2D eigenvalue weighted by molar-refractivity contribution is -0.139. The maximum atomic E-state index is 12.7. The van der Waals surface area contributed by atoms with Gasteiger partial charge < -0.3 is 19.3 Å². The first kappa shape index (κ1) is 23.5. The van der Waals surface area contributed by atoms with Crippen LogP contribution in [0.1, 0.15) is 12.5 Å². The van der Waals surface area contributed by atoms with Crippen LogP contribution in [0.2, 0.25) is 5.02 Å². The summed E-state index contributed by atoms with van der Waals surface area (Å²) in [6.45, 7) is 1.81. The van der Waals surface area contributed by atoms with E-state index < -0.39 is 23.7 Å². The summed E-state index contributed by atoms with van der Waals surface area (Å²) >= 11 is 6.87. The molecule has 1 saturated heterocycles. The van der Waals surface area contributed by atoms with Crippen LogP contribution in [-0.4, -0.2) is 53.5 Å². The van der Waals surface area contributed by atoms with Crippen LogP contribution in [0.4, 0.5) is 4.79 Å². The molecule has 2 amide bonds. The monoisotopic (exact) mass is 477 g/mol. The number of carboxylic acid groups (broad SMARTS) is 1. The predicted molar refractivity (Wildman–Crippen MR) is 120 cm³/mol. The summed E-state index contributed by atoms with van der Waals surface area (Å²) in [6.07, 6.45) is 1.57. The largest absolute Gasteiger partial charge is 0.490 e. The lowest BCUT2D eigenvalue weighted by Gasteiger charge is -2.14. The molecular formula is C22H20ClNO7S. The normalized spacial score (nSPS) is 14.7. The fourth-order valence-corrected chi connectivity index (χ4v) is 3.85. The van der Waals surface area contributed by atoms with Gasteiger partial charge in [-0.05, 0) is 54.6 Å². The topological polar surface area (TPSA) is 102 Å². The molecule has 0 aromatic heterocycles. The first-order valence-corrected chi connectivity index (χ1v) is 10.8. The fraction of sp³-hybridized carbons (Fsp3) is 0.227. The summed E-state index contributed by atoms with van der Waals surface area (Å²) in [6, 6.07) is 11.8. The van der Waals surface area contributed by atoms with Gasteiger partial charge in [0.2, 0.25) is 0 Å². The van der Waals surface area contributed by atoms with Crippen LogP contribution in [0.5, 0.6) is 17.2 Å². The number of para-hydroxylation sites is 1. The number of halogens is 1. The molecule has 1 heterocycles. The third-order valence-electron chi connectivity index (χ3n) is 4.20. The van der Waals surface area contributed by atoms with Crippen LogP contribution in [0, 0.1) is 0 Å². The molecule has 8 nitrogen and oxygen atoms in total. The van der Waals surface area contributed by atoms with Crippen molar-refractivity contribution >= 4 is 46.6 Å². The number of rotatable bonds is 10. The third-order valence-corrected chi connectivity index (χ3v) is 5.42. The van der Waals surface area contributed by atoms with Gasteiger partial charge in [0, 0.05) is 0 Å². The third kappa shape index (κ3) is 5.95. The van der Waals surface area contributed by atoms with Gasteiger partial charge in [-0.25, -0.2) is 4.79 Å². The number of carbonyl (C=O) groups is 3. The lowest BCUT2D eigenvalue weighted by atomic mass is 10.2. The van der Waals surface area contributed by atoms with Crippen molar-refractivity contribution in [1.82, 2.24) is 4.90 Å². The Kier molecular flexibility index (Phi) is 8.02. The number of benzene rings is 2. The molecule has 1 aliphatic rings. The van der Waals surface area contributed by atoms with Crippen LogP contribution in [-0.2, 0) is 9.59 Å². The Morgan fingerprint density at radius 3 is 2.59 bits per heavy atom. The molecule has 0 aliphatic carbocycles. The molecule has 0 saturated carbocycles. The molecule has 0 spiro atoms. The predicted octanol–water partition coefficient (Wildman–Crippen LogP) is 4.32. The second-order valence-electron chi connectivity index (χ2n) is 6.43. The summed E-state index contributed by atoms with van der Waals surface area (Å²) in [7, 11) is 0. The summed E-state index contributed by atoms with van der Waals surface area (Å²) in [5, 5.41) is 8.84. The average molecular weight is 478 g/mol. The highest BCUT2D eigenvalue weighted by Gasteiger charge is 2.34. The molecule has 0 bridgehead atoms. The molecule has 0 unspecified atom stereocenters. The SMILES string of the molecule is CCOc1cc(/C=C2\SC(=O)N(CCOc3ccccc3Cl)C2=O)ccc1OCC(=O)O. The molecule has 10 heteroatoms. The number of amides is 2. The molecule has 1 N–H and O–H groups in total. The van der Waals surface area contributed by atoms with E-state index in [2.05, 4.69) is 0 Å². The molecule has 168 valence electrons. The molecular weight excluding hydrogens is 458 g/mol. The zero-order valence-electron chi connectivity index (χ0n) is 17.1. The van der Waals surface area contributed by atoms with E-state index in [1.807, 2.05) is 0 Å². The maximum absolute atomic E-state index is 12.7. The molecule has 2 aromatic rings. The van der Waals surface area contributed by atoms with Crippen molar-refractivity contribution in [3.05, 3.63) is 58.0 Å². The Morgan fingerprint density at radius 1 is 1.09 bits per heavy atom. The van der Waals surface area contributed by atoms with Gasteiger partial charge in [-0.3, -0.25) is 14.5 Å². The second-order valence-corrected chi connectivity index (χ2v) is 7.83. The van der Waals surface area contributed by atoms with Crippen LogP contribution in [0.15, 0.2) is 47.4 Å². The van der Waals surface area contributed by atoms with Crippen molar-refractivity contribution in [1.29, 1.82) is 0 Å². The molecule has 1 aliphatic heterocycles. The zero-order valence-corrected chi connectivity index (χ0v) is 18.6. The number of carboxylic acids is 1. The minimum Gasteiger partial charge on any atom is -0.490 e. The fourth-order valence-electron chi connectivity index (χ4n) is 2.79. The van der Waals surface area contributed by atoms with Crippen LogP contribution in [0.25, 0.3) is 6.08 Å².